The minimum atomic E-state index is -0.778. The monoisotopic (exact) mass is 346 g/mol. The molecular formula is C17H18N2O6. The fourth-order valence-electron chi connectivity index (χ4n) is 2.30. The van der Waals surface area contributed by atoms with E-state index in [4.69, 9.17) is 4.74 Å². The zero-order valence-electron chi connectivity index (χ0n) is 13.5. The van der Waals surface area contributed by atoms with E-state index in [1.165, 1.54) is 24.3 Å². The normalized spacial score (nSPS) is 11.6. The Bertz CT molecular complexity index is 777. The molecule has 3 N–H and O–H groups in total. The number of carbonyl (C=O) groups is 1. The van der Waals surface area contributed by atoms with Crippen molar-refractivity contribution in [3.63, 3.8) is 0 Å². The molecule has 0 spiro atoms. The molecule has 0 aliphatic heterocycles. The number of ether oxygens (including phenoxy) is 1. The second-order valence-electron chi connectivity index (χ2n) is 5.36. The average molecular weight is 346 g/mol. The van der Waals surface area contributed by atoms with Crippen LogP contribution in [0.1, 0.15) is 24.2 Å². The molecule has 132 valence electrons. The highest BCUT2D eigenvalue weighted by atomic mass is 16.6. The Labute approximate surface area is 143 Å². The number of hydrogen-bond acceptors (Lipinski definition) is 6. The summed E-state index contributed by atoms with van der Waals surface area (Å²) in [6.45, 7) is 1.80. The van der Waals surface area contributed by atoms with E-state index >= 15 is 0 Å². The SMILES string of the molecule is C[C@H](OC(=O)NCCc1ccc(O)c(O)c1)c1ccccc1[N+](=O)[O-]. The standard InChI is InChI=1S/C17H18N2O6/c1-11(13-4-2-3-5-14(13)19(23)24)25-17(22)18-9-8-12-6-7-15(20)16(21)10-12/h2-7,10-11,20-21H,8-9H2,1H3,(H,18,22)/t11-/m0/s1. The number of nitro groups is 1. The van der Waals surface area contributed by atoms with E-state index < -0.39 is 17.1 Å². The summed E-state index contributed by atoms with van der Waals surface area (Å²) >= 11 is 0. The van der Waals surface area contributed by atoms with Gasteiger partial charge in [-0.25, -0.2) is 4.79 Å². The molecule has 2 aromatic carbocycles. The van der Waals surface area contributed by atoms with Crippen molar-refractivity contribution in [1.29, 1.82) is 0 Å². The summed E-state index contributed by atoms with van der Waals surface area (Å²) in [4.78, 5) is 22.3. The lowest BCUT2D eigenvalue weighted by Crippen LogP contribution is -2.27. The fourth-order valence-corrected chi connectivity index (χ4v) is 2.30. The van der Waals surface area contributed by atoms with Gasteiger partial charge in [0.05, 0.1) is 10.5 Å². The Morgan fingerprint density at radius 2 is 1.96 bits per heavy atom. The van der Waals surface area contributed by atoms with E-state index in [0.717, 1.165) is 5.56 Å². The lowest BCUT2D eigenvalue weighted by Gasteiger charge is -2.14. The molecule has 0 saturated heterocycles. The van der Waals surface area contributed by atoms with Gasteiger partial charge in [0, 0.05) is 12.6 Å². The summed E-state index contributed by atoms with van der Waals surface area (Å²) in [7, 11) is 0. The lowest BCUT2D eigenvalue weighted by atomic mass is 10.1. The highest BCUT2D eigenvalue weighted by Crippen LogP contribution is 2.27. The third kappa shape index (κ3) is 4.84. The summed E-state index contributed by atoms with van der Waals surface area (Å²) in [5, 5.41) is 32.2. The van der Waals surface area contributed by atoms with Gasteiger partial charge in [-0.15, -0.1) is 0 Å². The summed E-state index contributed by atoms with van der Waals surface area (Å²) in [5.74, 6) is -0.445. The molecule has 2 rings (SSSR count). The van der Waals surface area contributed by atoms with E-state index in [9.17, 15) is 25.1 Å². The molecule has 1 atom stereocenters. The second-order valence-corrected chi connectivity index (χ2v) is 5.36. The Balaban J connectivity index is 1.87. The Morgan fingerprint density at radius 3 is 2.64 bits per heavy atom. The minimum absolute atomic E-state index is 0.109. The number of para-hydroxylation sites is 1. The van der Waals surface area contributed by atoms with Crippen LogP contribution in [0.5, 0.6) is 11.5 Å². The van der Waals surface area contributed by atoms with E-state index in [2.05, 4.69) is 5.32 Å². The largest absolute Gasteiger partial charge is 0.504 e. The van der Waals surface area contributed by atoms with Crippen LogP contribution in [0, 0.1) is 10.1 Å². The first kappa shape index (κ1) is 18.1. The van der Waals surface area contributed by atoms with Crippen molar-refractivity contribution in [3.05, 3.63) is 63.7 Å². The molecular weight excluding hydrogens is 328 g/mol. The van der Waals surface area contributed by atoms with E-state index in [1.807, 2.05) is 0 Å². The van der Waals surface area contributed by atoms with Gasteiger partial charge >= 0.3 is 6.09 Å². The molecule has 8 heteroatoms. The summed E-state index contributed by atoms with van der Waals surface area (Å²) in [6, 6.07) is 10.5. The first-order valence-electron chi connectivity index (χ1n) is 7.57. The van der Waals surface area contributed by atoms with Crippen LogP contribution >= 0.6 is 0 Å². The van der Waals surface area contributed by atoms with Crippen molar-refractivity contribution < 1.29 is 24.7 Å². The predicted molar refractivity (Wildman–Crippen MR) is 89.5 cm³/mol. The number of phenols is 2. The van der Waals surface area contributed by atoms with Gasteiger partial charge < -0.3 is 20.3 Å². The molecule has 25 heavy (non-hydrogen) atoms. The van der Waals surface area contributed by atoms with Crippen LogP contribution in [0.15, 0.2) is 42.5 Å². The Morgan fingerprint density at radius 1 is 1.24 bits per heavy atom. The van der Waals surface area contributed by atoms with Crippen LogP contribution in [0.25, 0.3) is 0 Å². The molecule has 2 aromatic rings. The molecule has 0 aliphatic carbocycles. The molecule has 0 aromatic heterocycles. The molecule has 0 aliphatic rings. The van der Waals surface area contributed by atoms with Crippen LogP contribution < -0.4 is 5.32 Å². The van der Waals surface area contributed by atoms with Gasteiger partial charge in [-0.05, 0) is 37.1 Å². The maximum absolute atomic E-state index is 11.8. The first-order valence-corrected chi connectivity index (χ1v) is 7.57. The average Bonchev–Trinajstić information content (AvgIpc) is 2.58. The van der Waals surface area contributed by atoms with Gasteiger partial charge in [-0.3, -0.25) is 10.1 Å². The zero-order valence-corrected chi connectivity index (χ0v) is 13.5. The predicted octanol–water partition coefficient (Wildman–Crippen LogP) is 3.04. The van der Waals surface area contributed by atoms with Crippen LogP contribution in [0.2, 0.25) is 0 Å². The van der Waals surface area contributed by atoms with Gasteiger partial charge in [0.25, 0.3) is 5.69 Å². The third-order valence-electron chi connectivity index (χ3n) is 3.58. The number of carbonyl (C=O) groups excluding carboxylic acids is 1. The maximum atomic E-state index is 11.8. The van der Waals surface area contributed by atoms with Gasteiger partial charge in [0.15, 0.2) is 11.5 Å². The van der Waals surface area contributed by atoms with Crippen LogP contribution in [0.4, 0.5) is 10.5 Å². The number of nitrogens with one attached hydrogen (secondary N) is 1. The molecule has 0 unspecified atom stereocenters. The second kappa shape index (κ2) is 8.00. The van der Waals surface area contributed by atoms with E-state index in [0.29, 0.717) is 12.0 Å². The number of rotatable bonds is 6. The number of phenolic OH excluding ortho intramolecular Hbond substituents is 2. The molecule has 0 radical (unpaired) electrons. The number of benzene rings is 2. The van der Waals surface area contributed by atoms with Gasteiger partial charge in [0.2, 0.25) is 0 Å². The molecule has 0 bridgehead atoms. The summed E-state index contributed by atoms with van der Waals surface area (Å²) in [6.07, 6.45) is -1.06. The Hall–Kier alpha value is -3.29. The number of hydrogen-bond donors (Lipinski definition) is 3. The third-order valence-corrected chi connectivity index (χ3v) is 3.58. The van der Waals surface area contributed by atoms with Crippen molar-refractivity contribution in [1.82, 2.24) is 5.32 Å². The molecule has 1 amide bonds. The van der Waals surface area contributed by atoms with Crippen molar-refractivity contribution in [2.75, 3.05) is 6.54 Å². The van der Waals surface area contributed by atoms with Gasteiger partial charge in [-0.2, -0.15) is 0 Å². The van der Waals surface area contributed by atoms with Gasteiger partial charge in [-0.1, -0.05) is 18.2 Å². The van der Waals surface area contributed by atoms with E-state index in [-0.39, 0.29) is 23.7 Å². The number of nitro benzene ring substituents is 1. The maximum Gasteiger partial charge on any atom is 0.407 e. The van der Waals surface area contributed by atoms with Crippen molar-refractivity contribution >= 4 is 11.8 Å². The first-order chi connectivity index (χ1) is 11.9. The lowest BCUT2D eigenvalue weighted by molar-refractivity contribution is -0.386. The zero-order chi connectivity index (χ0) is 18.4. The van der Waals surface area contributed by atoms with Crippen LogP contribution in [-0.4, -0.2) is 27.8 Å². The summed E-state index contributed by atoms with van der Waals surface area (Å²) in [5.41, 5.74) is 0.927. The van der Waals surface area contributed by atoms with Crippen molar-refractivity contribution in [3.8, 4) is 11.5 Å². The number of nitrogens with zero attached hydrogens (tertiary/aromatic N) is 1. The number of aromatic hydroxyl groups is 2. The van der Waals surface area contributed by atoms with E-state index in [1.54, 1.807) is 25.1 Å². The van der Waals surface area contributed by atoms with Crippen LogP contribution in [-0.2, 0) is 11.2 Å². The molecule has 0 saturated carbocycles. The highest BCUT2D eigenvalue weighted by Gasteiger charge is 2.21. The van der Waals surface area contributed by atoms with Crippen molar-refractivity contribution in [2.24, 2.45) is 0 Å². The number of alkyl carbamates (subject to hydrolysis) is 1. The smallest absolute Gasteiger partial charge is 0.407 e. The molecule has 0 fully saturated rings. The topological polar surface area (TPSA) is 122 Å². The fraction of sp³-hybridized carbons (Fsp3) is 0.235. The quantitative estimate of drug-likeness (QED) is 0.420. The Kier molecular flexibility index (Phi) is 5.78. The highest BCUT2D eigenvalue weighted by molar-refractivity contribution is 5.67. The summed E-state index contributed by atoms with van der Waals surface area (Å²) < 4.78 is 5.16. The van der Waals surface area contributed by atoms with Crippen LogP contribution in [0.3, 0.4) is 0 Å². The minimum Gasteiger partial charge on any atom is -0.504 e. The number of amides is 1. The van der Waals surface area contributed by atoms with Crippen molar-refractivity contribution in [2.45, 2.75) is 19.4 Å². The molecule has 0 heterocycles. The van der Waals surface area contributed by atoms with Gasteiger partial charge in [0.1, 0.15) is 6.10 Å². The molecule has 8 nitrogen and oxygen atoms in total.